The third-order valence-electron chi connectivity index (χ3n) is 3.08. The van der Waals surface area contributed by atoms with Gasteiger partial charge in [0, 0.05) is 0 Å². The van der Waals surface area contributed by atoms with E-state index in [9.17, 15) is 5.11 Å². The molecular weight excluding hydrogens is 196 g/mol. The fourth-order valence-electron chi connectivity index (χ4n) is 2.06. The fraction of sp³-hybridized carbons (Fsp3) is 0.200. The molecule has 0 saturated heterocycles. The molecule has 0 heterocycles. The molecule has 0 amide bonds. The van der Waals surface area contributed by atoms with E-state index in [2.05, 4.69) is 32.9 Å². The molecule has 0 fully saturated rings. The van der Waals surface area contributed by atoms with Crippen molar-refractivity contribution < 1.29 is 5.11 Å². The number of aryl methyl sites for hydroxylation is 2. The summed E-state index contributed by atoms with van der Waals surface area (Å²) >= 11 is 0. The van der Waals surface area contributed by atoms with Gasteiger partial charge >= 0.3 is 0 Å². The number of phenols is 1. The quantitative estimate of drug-likeness (QED) is 0.758. The van der Waals surface area contributed by atoms with E-state index in [1.807, 2.05) is 18.2 Å². The summed E-state index contributed by atoms with van der Waals surface area (Å²) in [5.74, 6) is 0.317. The second-order valence-corrected chi connectivity index (χ2v) is 4.25. The summed E-state index contributed by atoms with van der Waals surface area (Å²) in [5.41, 5.74) is 6.12. The van der Waals surface area contributed by atoms with Crippen LogP contribution < -0.4 is 0 Å². The van der Waals surface area contributed by atoms with Gasteiger partial charge in [-0.1, -0.05) is 24.3 Å². The second kappa shape index (κ2) is 4.01. The maximum absolute atomic E-state index is 9.53. The largest absolute Gasteiger partial charge is 0.508 e. The summed E-state index contributed by atoms with van der Waals surface area (Å²) in [4.78, 5) is 0. The van der Waals surface area contributed by atoms with Crippen LogP contribution in [0.2, 0.25) is 0 Å². The zero-order valence-corrected chi connectivity index (χ0v) is 9.91. The highest BCUT2D eigenvalue weighted by Crippen LogP contribution is 2.30. The molecule has 1 nitrogen and oxygen atoms in total. The van der Waals surface area contributed by atoms with Crippen molar-refractivity contribution in [3.8, 4) is 16.9 Å². The highest BCUT2D eigenvalue weighted by atomic mass is 16.3. The molecule has 2 aromatic rings. The zero-order chi connectivity index (χ0) is 11.7. The Hall–Kier alpha value is -1.76. The van der Waals surface area contributed by atoms with Crippen molar-refractivity contribution >= 4 is 0 Å². The lowest BCUT2D eigenvalue weighted by Crippen LogP contribution is -1.91. The van der Waals surface area contributed by atoms with Gasteiger partial charge in [-0.3, -0.25) is 0 Å². The lowest BCUT2D eigenvalue weighted by atomic mass is 9.93. The highest BCUT2D eigenvalue weighted by Gasteiger charge is 2.07. The van der Waals surface area contributed by atoms with E-state index in [1.165, 1.54) is 22.3 Å². The summed E-state index contributed by atoms with van der Waals surface area (Å²) in [6.45, 7) is 6.34. The highest BCUT2D eigenvalue weighted by molar-refractivity contribution is 5.72. The minimum atomic E-state index is 0.317. The molecule has 2 aromatic carbocycles. The van der Waals surface area contributed by atoms with Crippen LogP contribution in [0.1, 0.15) is 16.7 Å². The van der Waals surface area contributed by atoms with Crippen LogP contribution >= 0.6 is 0 Å². The lowest BCUT2D eigenvalue weighted by Gasteiger charge is -2.12. The average molecular weight is 212 g/mol. The van der Waals surface area contributed by atoms with E-state index in [4.69, 9.17) is 0 Å². The Morgan fingerprint density at radius 1 is 0.875 bits per heavy atom. The number of phenolic OH excluding ortho intramolecular Hbond substituents is 1. The normalized spacial score (nSPS) is 10.4. The van der Waals surface area contributed by atoms with Crippen molar-refractivity contribution in [3.05, 3.63) is 53.1 Å². The van der Waals surface area contributed by atoms with Crippen LogP contribution in [-0.2, 0) is 0 Å². The predicted molar refractivity (Wildman–Crippen MR) is 67.8 cm³/mol. The Labute approximate surface area is 96.4 Å². The summed E-state index contributed by atoms with van der Waals surface area (Å²) in [6.07, 6.45) is 0. The second-order valence-electron chi connectivity index (χ2n) is 4.25. The lowest BCUT2D eigenvalue weighted by molar-refractivity contribution is 0.475. The third kappa shape index (κ3) is 1.81. The van der Waals surface area contributed by atoms with Crippen molar-refractivity contribution in [2.75, 3.05) is 0 Å². The maximum atomic E-state index is 9.53. The Bertz CT molecular complexity index is 527. The first-order chi connectivity index (χ1) is 7.59. The van der Waals surface area contributed by atoms with Crippen molar-refractivity contribution in [1.82, 2.24) is 0 Å². The van der Waals surface area contributed by atoms with Gasteiger partial charge in [0.15, 0.2) is 0 Å². The molecule has 2 rings (SSSR count). The molecule has 0 aliphatic carbocycles. The average Bonchev–Trinajstić information content (AvgIpc) is 2.24. The van der Waals surface area contributed by atoms with Crippen molar-refractivity contribution in [2.24, 2.45) is 0 Å². The molecule has 0 aliphatic heterocycles. The van der Waals surface area contributed by atoms with Crippen LogP contribution in [0.5, 0.6) is 5.75 Å². The van der Waals surface area contributed by atoms with E-state index in [0.717, 1.165) is 5.56 Å². The van der Waals surface area contributed by atoms with Gasteiger partial charge in [-0.2, -0.15) is 0 Å². The fourth-order valence-corrected chi connectivity index (χ4v) is 2.06. The number of hydrogen-bond acceptors (Lipinski definition) is 1. The maximum Gasteiger partial charge on any atom is 0.116 e. The standard InChI is InChI=1S/C15H16O/c1-10-7-8-11(2)15(12(10)3)13-5-4-6-14(16)9-13/h4-9,16H,1-3H3. The van der Waals surface area contributed by atoms with Crippen LogP contribution in [0.15, 0.2) is 36.4 Å². The van der Waals surface area contributed by atoms with E-state index < -0.39 is 0 Å². The van der Waals surface area contributed by atoms with Crippen LogP contribution in [0.4, 0.5) is 0 Å². The first kappa shape index (κ1) is 10.7. The summed E-state index contributed by atoms with van der Waals surface area (Å²) < 4.78 is 0. The first-order valence-electron chi connectivity index (χ1n) is 5.46. The molecule has 1 heteroatoms. The molecule has 82 valence electrons. The minimum absolute atomic E-state index is 0.317. The molecule has 0 aromatic heterocycles. The number of hydrogen-bond donors (Lipinski definition) is 1. The third-order valence-corrected chi connectivity index (χ3v) is 3.08. The Morgan fingerprint density at radius 3 is 2.25 bits per heavy atom. The molecular formula is C15H16O. The van der Waals surface area contributed by atoms with Crippen LogP contribution in [0.25, 0.3) is 11.1 Å². The van der Waals surface area contributed by atoms with Crippen molar-refractivity contribution in [1.29, 1.82) is 0 Å². The SMILES string of the molecule is Cc1ccc(C)c(-c2cccc(O)c2)c1C. The van der Waals surface area contributed by atoms with E-state index in [1.54, 1.807) is 6.07 Å². The predicted octanol–water partition coefficient (Wildman–Crippen LogP) is 3.98. The van der Waals surface area contributed by atoms with E-state index in [0.29, 0.717) is 5.75 Å². The summed E-state index contributed by atoms with van der Waals surface area (Å²) in [6, 6.07) is 11.7. The first-order valence-corrected chi connectivity index (χ1v) is 5.46. The van der Waals surface area contributed by atoms with Gasteiger partial charge in [0.05, 0.1) is 0 Å². The Balaban J connectivity index is 2.68. The summed E-state index contributed by atoms with van der Waals surface area (Å²) in [7, 11) is 0. The molecule has 0 aliphatic rings. The molecule has 0 radical (unpaired) electrons. The van der Waals surface area contributed by atoms with Gasteiger partial charge in [-0.15, -0.1) is 0 Å². The molecule has 1 N–H and O–H groups in total. The monoisotopic (exact) mass is 212 g/mol. The van der Waals surface area contributed by atoms with Crippen LogP contribution in [0.3, 0.4) is 0 Å². The Kier molecular flexibility index (Phi) is 2.69. The topological polar surface area (TPSA) is 20.2 Å². The molecule has 0 bridgehead atoms. The number of rotatable bonds is 1. The molecule has 0 atom stereocenters. The van der Waals surface area contributed by atoms with Gasteiger partial charge in [-0.25, -0.2) is 0 Å². The van der Waals surface area contributed by atoms with Crippen molar-refractivity contribution in [3.63, 3.8) is 0 Å². The minimum Gasteiger partial charge on any atom is -0.508 e. The van der Waals surface area contributed by atoms with E-state index in [-0.39, 0.29) is 0 Å². The molecule has 0 saturated carbocycles. The van der Waals surface area contributed by atoms with Gasteiger partial charge < -0.3 is 5.11 Å². The molecule has 0 spiro atoms. The summed E-state index contributed by atoms with van der Waals surface area (Å²) in [5, 5.41) is 9.53. The number of aromatic hydroxyl groups is 1. The Morgan fingerprint density at radius 2 is 1.56 bits per heavy atom. The van der Waals surface area contributed by atoms with Gasteiger partial charge in [-0.05, 0) is 60.7 Å². The van der Waals surface area contributed by atoms with Gasteiger partial charge in [0.2, 0.25) is 0 Å². The van der Waals surface area contributed by atoms with Crippen LogP contribution in [0, 0.1) is 20.8 Å². The van der Waals surface area contributed by atoms with Gasteiger partial charge in [0.25, 0.3) is 0 Å². The van der Waals surface area contributed by atoms with Crippen LogP contribution in [-0.4, -0.2) is 5.11 Å². The van der Waals surface area contributed by atoms with Crippen molar-refractivity contribution in [2.45, 2.75) is 20.8 Å². The number of benzene rings is 2. The van der Waals surface area contributed by atoms with E-state index >= 15 is 0 Å². The molecule has 0 unspecified atom stereocenters. The smallest absolute Gasteiger partial charge is 0.116 e. The van der Waals surface area contributed by atoms with Gasteiger partial charge in [0.1, 0.15) is 5.75 Å². The molecule has 16 heavy (non-hydrogen) atoms. The zero-order valence-electron chi connectivity index (χ0n) is 9.91.